The van der Waals surface area contributed by atoms with Crippen molar-refractivity contribution in [2.24, 2.45) is 0 Å². The Morgan fingerprint density at radius 3 is 1.13 bits per heavy atom. The molecule has 5 heteroatoms. The molecule has 0 atom stereocenters. The number of benzene rings is 3. The molecule has 3 rings (SSSR count). The van der Waals surface area contributed by atoms with Gasteiger partial charge >= 0.3 is 140 Å². The average Bonchev–Trinajstić information content (AvgIpc) is 2.54. The van der Waals surface area contributed by atoms with Crippen LogP contribution in [0.25, 0.3) is 0 Å². The molecule has 0 heterocycles. The fraction of sp³-hybridized carbons (Fsp3) is 0. The van der Waals surface area contributed by atoms with E-state index in [2.05, 4.69) is 15.1 Å². The summed E-state index contributed by atoms with van der Waals surface area (Å²) in [6, 6.07) is 18.5. The van der Waals surface area contributed by atoms with Gasteiger partial charge in [-0.3, -0.25) is 0 Å². The molecular weight excluding hydrogens is 383 g/mol. The van der Waals surface area contributed by atoms with E-state index in [1.807, 2.05) is 0 Å². The predicted octanol–water partition coefficient (Wildman–Crippen LogP) is 3.48. The van der Waals surface area contributed by atoms with E-state index < -0.39 is 5.51 Å². The van der Waals surface area contributed by atoms with Crippen molar-refractivity contribution >= 4 is 36.5 Å². The van der Waals surface area contributed by atoms with Crippen molar-refractivity contribution in [3.63, 3.8) is 0 Å². The third-order valence-electron chi connectivity index (χ3n) is 3.52. The van der Waals surface area contributed by atoms with Gasteiger partial charge in [0.15, 0.2) is 0 Å². The Morgan fingerprint density at radius 1 is 0.565 bits per heavy atom. The van der Waals surface area contributed by atoms with Gasteiger partial charge in [0.05, 0.1) is 0 Å². The van der Waals surface area contributed by atoms with E-state index in [0.29, 0.717) is 15.9 Å². The maximum atomic E-state index is 13.7. The first-order valence-corrected chi connectivity index (χ1v) is 10.9. The average molecular weight is 395 g/mol. The van der Waals surface area contributed by atoms with E-state index in [-0.39, 0.29) is 17.5 Å². The van der Waals surface area contributed by atoms with Gasteiger partial charge in [-0.15, -0.1) is 0 Å². The quantitative estimate of drug-likeness (QED) is 0.471. The summed E-state index contributed by atoms with van der Waals surface area (Å²) in [6.07, 6.45) is 0. The van der Waals surface area contributed by atoms with Crippen LogP contribution < -0.4 is 15.9 Å². The van der Waals surface area contributed by atoms with Crippen molar-refractivity contribution in [3.8, 4) is 0 Å². The zero-order valence-corrected chi connectivity index (χ0v) is 14.5. The van der Waals surface area contributed by atoms with Crippen LogP contribution in [0.1, 0.15) is 0 Å². The first-order valence-electron chi connectivity index (χ1n) is 6.88. The van der Waals surface area contributed by atoms with Gasteiger partial charge in [-0.05, 0) is 0 Å². The molecule has 116 valence electrons. The molecule has 0 amide bonds. The fourth-order valence-electron chi connectivity index (χ4n) is 2.46. The topological polar surface area (TPSA) is 0 Å². The van der Waals surface area contributed by atoms with Gasteiger partial charge in [0.2, 0.25) is 0 Å². The second-order valence-electron chi connectivity index (χ2n) is 5.05. The molecule has 0 nitrogen and oxygen atoms in total. The molecule has 0 aromatic heterocycles. The Bertz CT molecular complexity index is 790. The molecule has 0 N–H and O–H groups in total. The summed E-state index contributed by atoms with van der Waals surface area (Å²) < 4.78 is 41.2. The Hall–Kier alpha value is -1.60. The van der Waals surface area contributed by atoms with Crippen LogP contribution >= 0.6 is 5.51 Å². The second-order valence-corrected chi connectivity index (χ2v) is 11.3. The van der Waals surface area contributed by atoms with Gasteiger partial charge in [-0.2, -0.15) is 0 Å². The van der Waals surface area contributed by atoms with Crippen LogP contribution in [0.5, 0.6) is 0 Å². The summed E-state index contributed by atoms with van der Waals surface area (Å²) in [5, 5.41) is 2.07. The minimum absolute atomic E-state index is 0.380. The molecule has 0 aliphatic rings. The number of halogens is 3. The first kappa shape index (κ1) is 16.3. The van der Waals surface area contributed by atoms with E-state index in [4.69, 9.17) is 0 Å². The van der Waals surface area contributed by atoms with Crippen LogP contribution in [0.3, 0.4) is 0 Å². The Morgan fingerprint density at radius 2 is 0.870 bits per heavy atom. The molecule has 23 heavy (non-hydrogen) atoms. The summed E-state index contributed by atoms with van der Waals surface area (Å²) >= 11 is 3.13. The molecule has 0 fully saturated rings. The zero-order chi connectivity index (χ0) is 16.4. The number of rotatable bonds is 3. The normalized spacial score (nSPS) is 11.4. The number of hydrogen-bond donors (Lipinski definition) is 0. The summed E-state index contributed by atoms with van der Waals surface area (Å²) in [5.74, 6) is -1.14. The molecule has 0 saturated carbocycles. The van der Waals surface area contributed by atoms with Gasteiger partial charge in [0.25, 0.3) is 0 Å². The van der Waals surface area contributed by atoms with Gasteiger partial charge in [-0.1, -0.05) is 0 Å². The Balaban J connectivity index is 2.32. The molecule has 0 aliphatic heterocycles. The number of hydrogen-bond acceptors (Lipinski definition) is 0. The predicted molar refractivity (Wildman–Crippen MR) is 90.8 cm³/mol. The summed E-state index contributed by atoms with van der Waals surface area (Å²) in [5.41, 5.74) is -2.45. The van der Waals surface area contributed by atoms with Gasteiger partial charge in [0.1, 0.15) is 0 Å². The van der Waals surface area contributed by atoms with Crippen LogP contribution in [0.4, 0.5) is 13.2 Å². The second kappa shape index (κ2) is 6.49. The van der Waals surface area contributed by atoms with E-state index in [0.717, 1.165) is 0 Å². The maximum absolute atomic E-state index is 13.7. The van der Waals surface area contributed by atoms with Crippen LogP contribution in [0.2, 0.25) is 0 Å². The van der Waals surface area contributed by atoms with Gasteiger partial charge in [-0.25, -0.2) is 0 Å². The van der Waals surface area contributed by atoms with Crippen molar-refractivity contribution in [1.82, 2.24) is 0 Å². The van der Waals surface area contributed by atoms with E-state index in [1.54, 1.807) is 36.4 Å². The molecule has 3 aromatic rings. The standard InChI is InChI=1S/C18H12F3PSe/c19-13-4-1-7-16(10-13)22(23,17-8-2-5-14(20)11-17)18-9-3-6-15(21)12-18/h1-12H. The van der Waals surface area contributed by atoms with Crippen LogP contribution in [0, 0.1) is 17.5 Å². The molecule has 0 saturated heterocycles. The minimum atomic E-state index is -2.45. The van der Waals surface area contributed by atoms with Crippen molar-refractivity contribution in [2.45, 2.75) is 0 Å². The molecule has 0 unspecified atom stereocenters. The van der Waals surface area contributed by atoms with E-state index >= 15 is 0 Å². The third kappa shape index (κ3) is 3.21. The van der Waals surface area contributed by atoms with Crippen LogP contribution in [0.15, 0.2) is 72.8 Å². The zero-order valence-electron chi connectivity index (χ0n) is 11.9. The molecule has 0 aliphatic carbocycles. The molecule has 0 radical (unpaired) electrons. The van der Waals surface area contributed by atoms with E-state index in [9.17, 15) is 13.2 Å². The van der Waals surface area contributed by atoms with E-state index in [1.165, 1.54) is 36.4 Å². The van der Waals surface area contributed by atoms with Crippen molar-refractivity contribution < 1.29 is 13.2 Å². The SMILES string of the molecule is Fc1cccc(P(=[Se])(c2cccc(F)c2)c2cccc(F)c2)c1. The van der Waals surface area contributed by atoms with Crippen LogP contribution in [-0.2, 0) is 0 Å². The summed E-state index contributed by atoms with van der Waals surface area (Å²) in [6.45, 7) is 0. The molecule has 0 bridgehead atoms. The first-order chi connectivity index (χ1) is 11.0. The van der Waals surface area contributed by atoms with Gasteiger partial charge < -0.3 is 0 Å². The summed E-state index contributed by atoms with van der Waals surface area (Å²) in [4.78, 5) is 0. The van der Waals surface area contributed by atoms with Crippen molar-refractivity contribution in [3.05, 3.63) is 90.2 Å². The molecule has 3 aromatic carbocycles. The molecule has 0 spiro atoms. The Labute approximate surface area is 140 Å². The van der Waals surface area contributed by atoms with Crippen molar-refractivity contribution in [1.29, 1.82) is 0 Å². The van der Waals surface area contributed by atoms with Gasteiger partial charge in [0, 0.05) is 0 Å². The van der Waals surface area contributed by atoms with Crippen molar-refractivity contribution in [2.75, 3.05) is 0 Å². The third-order valence-corrected chi connectivity index (χ3v) is 10.5. The monoisotopic (exact) mass is 396 g/mol. The Kier molecular flexibility index (Phi) is 4.59. The van der Waals surface area contributed by atoms with Crippen LogP contribution in [-0.4, -0.2) is 15.1 Å². The fourth-order valence-corrected chi connectivity index (χ4v) is 7.31. The molecular formula is C18H12F3PSe. The summed E-state index contributed by atoms with van der Waals surface area (Å²) in [7, 11) is 0.